The van der Waals surface area contributed by atoms with E-state index in [9.17, 15) is 0 Å². The van der Waals surface area contributed by atoms with Crippen molar-refractivity contribution in [2.24, 2.45) is 5.41 Å². The smallest absolute Gasteiger partial charge is 0.231 e. The van der Waals surface area contributed by atoms with Crippen LogP contribution in [0.25, 0.3) is 0 Å². The van der Waals surface area contributed by atoms with Crippen molar-refractivity contribution in [2.75, 3.05) is 20.4 Å². The first-order valence-electron chi connectivity index (χ1n) is 6.17. The van der Waals surface area contributed by atoms with Crippen LogP contribution in [0.2, 0.25) is 0 Å². The Hall–Kier alpha value is -1.42. The molecular weight excluding hydrogens is 230 g/mol. The van der Waals surface area contributed by atoms with Gasteiger partial charge in [0.25, 0.3) is 0 Å². The first-order chi connectivity index (χ1) is 8.49. The molecule has 0 bridgehead atoms. The first-order valence-corrected chi connectivity index (χ1v) is 6.17. The van der Waals surface area contributed by atoms with E-state index >= 15 is 0 Å². The van der Waals surface area contributed by atoms with Crippen molar-refractivity contribution >= 4 is 0 Å². The van der Waals surface area contributed by atoms with Gasteiger partial charge >= 0.3 is 0 Å². The molecule has 1 aliphatic heterocycles. The lowest BCUT2D eigenvalue weighted by Gasteiger charge is -2.19. The van der Waals surface area contributed by atoms with Crippen LogP contribution in [0.1, 0.15) is 26.3 Å². The molecule has 0 aromatic heterocycles. The highest BCUT2D eigenvalue weighted by molar-refractivity contribution is 5.55. The van der Waals surface area contributed by atoms with Gasteiger partial charge in [0.2, 0.25) is 12.5 Å². The molecule has 1 aromatic carbocycles. The molecular formula is C14H21NO3. The Labute approximate surface area is 108 Å². The normalized spacial score (nSPS) is 13.8. The van der Waals surface area contributed by atoms with Crippen LogP contribution in [0, 0.1) is 5.41 Å². The van der Waals surface area contributed by atoms with Gasteiger partial charge in [-0.05, 0) is 23.1 Å². The van der Waals surface area contributed by atoms with Crippen LogP contribution in [0.5, 0.6) is 17.2 Å². The molecule has 1 heterocycles. The minimum absolute atomic E-state index is 0.268. The predicted molar refractivity (Wildman–Crippen MR) is 70.3 cm³/mol. The Morgan fingerprint density at radius 1 is 1.28 bits per heavy atom. The molecule has 4 nitrogen and oxygen atoms in total. The second-order valence-electron chi connectivity index (χ2n) is 5.70. The molecule has 1 aliphatic rings. The van der Waals surface area contributed by atoms with Crippen molar-refractivity contribution in [2.45, 2.75) is 27.3 Å². The van der Waals surface area contributed by atoms with E-state index in [2.05, 4.69) is 26.1 Å². The largest absolute Gasteiger partial charge is 0.493 e. The fourth-order valence-electron chi connectivity index (χ4n) is 1.87. The third kappa shape index (κ3) is 3.07. The third-order valence-corrected chi connectivity index (χ3v) is 2.70. The molecule has 0 atom stereocenters. The number of benzene rings is 1. The monoisotopic (exact) mass is 251 g/mol. The summed E-state index contributed by atoms with van der Waals surface area (Å²) in [6, 6.07) is 3.99. The molecule has 0 unspecified atom stereocenters. The number of hydrogen-bond donors (Lipinski definition) is 1. The van der Waals surface area contributed by atoms with Gasteiger partial charge in [0.05, 0.1) is 7.11 Å². The Morgan fingerprint density at radius 2 is 2.06 bits per heavy atom. The van der Waals surface area contributed by atoms with Crippen LogP contribution in [-0.2, 0) is 6.54 Å². The lowest BCUT2D eigenvalue weighted by molar-refractivity contribution is 0.171. The van der Waals surface area contributed by atoms with Crippen molar-refractivity contribution in [3.63, 3.8) is 0 Å². The lowest BCUT2D eigenvalue weighted by Crippen LogP contribution is -2.26. The lowest BCUT2D eigenvalue weighted by atomic mass is 9.97. The maximum Gasteiger partial charge on any atom is 0.231 e. The predicted octanol–water partition coefficient (Wildman–Crippen LogP) is 2.56. The van der Waals surface area contributed by atoms with E-state index in [-0.39, 0.29) is 12.2 Å². The Balaban J connectivity index is 2.05. The van der Waals surface area contributed by atoms with Gasteiger partial charge in [-0.3, -0.25) is 0 Å². The quantitative estimate of drug-likeness (QED) is 0.892. The van der Waals surface area contributed by atoms with Gasteiger partial charge < -0.3 is 19.5 Å². The van der Waals surface area contributed by atoms with Crippen LogP contribution in [0.4, 0.5) is 0 Å². The third-order valence-electron chi connectivity index (χ3n) is 2.70. The van der Waals surface area contributed by atoms with Gasteiger partial charge in [-0.1, -0.05) is 20.8 Å². The highest BCUT2D eigenvalue weighted by Gasteiger charge is 2.20. The topological polar surface area (TPSA) is 39.7 Å². The maximum absolute atomic E-state index is 5.40. The van der Waals surface area contributed by atoms with E-state index in [1.165, 1.54) is 0 Å². The molecule has 2 rings (SSSR count). The SMILES string of the molecule is COc1cc(CNCC(C)(C)C)cc2c1OCO2. The molecule has 0 aliphatic carbocycles. The van der Waals surface area contributed by atoms with Crippen molar-refractivity contribution < 1.29 is 14.2 Å². The molecule has 1 aromatic rings. The molecule has 0 fully saturated rings. The Kier molecular flexibility index (Phi) is 3.66. The van der Waals surface area contributed by atoms with Crippen molar-refractivity contribution in [1.29, 1.82) is 0 Å². The maximum atomic E-state index is 5.40. The Morgan fingerprint density at radius 3 is 2.72 bits per heavy atom. The summed E-state index contributed by atoms with van der Waals surface area (Å²) < 4.78 is 16.1. The van der Waals surface area contributed by atoms with Gasteiger partial charge in [0, 0.05) is 13.1 Å². The van der Waals surface area contributed by atoms with E-state index in [1.807, 2.05) is 12.1 Å². The van der Waals surface area contributed by atoms with Gasteiger partial charge in [-0.15, -0.1) is 0 Å². The van der Waals surface area contributed by atoms with E-state index in [1.54, 1.807) is 7.11 Å². The van der Waals surface area contributed by atoms with Gasteiger partial charge in [0.1, 0.15) is 0 Å². The summed E-state index contributed by atoms with van der Waals surface area (Å²) >= 11 is 0. The zero-order valence-electron chi connectivity index (χ0n) is 11.5. The first kappa shape index (κ1) is 13.0. The zero-order valence-corrected chi connectivity index (χ0v) is 11.5. The minimum Gasteiger partial charge on any atom is -0.493 e. The van der Waals surface area contributed by atoms with Crippen molar-refractivity contribution in [3.8, 4) is 17.2 Å². The van der Waals surface area contributed by atoms with Gasteiger partial charge in [-0.25, -0.2) is 0 Å². The highest BCUT2D eigenvalue weighted by atomic mass is 16.7. The van der Waals surface area contributed by atoms with Crippen LogP contribution in [-0.4, -0.2) is 20.4 Å². The second-order valence-corrected chi connectivity index (χ2v) is 5.70. The number of fused-ring (bicyclic) bond motifs is 1. The fraction of sp³-hybridized carbons (Fsp3) is 0.571. The van der Waals surface area contributed by atoms with Crippen LogP contribution in [0.3, 0.4) is 0 Å². The molecule has 0 radical (unpaired) electrons. The molecule has 0 saturated heterocycles. The minimum atomic E-state index is 0.268. The summed E-state index contributed by atoms with van der Waals surface area (Å²) in [6.07, 6.45) is 0. The summed E-state index contributed by atoms with van der Waals surface area (Å²) in [5, 5.41) is 3.43. The molecule has 0 spiro atoms. The van der Waals surface area contributed by atoms with E-state index in [0.717, 1.165) is 30.2 Å². The highest BCUT2D eigenvalue weighted by Crippen LogP contribution is 2.41. The van der Waals surface area contributed by atoms with Gasteiger partial charge in [0.15, 0.2) is 11.5 Å². The number of nitrogens with one attached hydrogen (secondary N) is 1. The Bertz CT molecular complexity index is 424. The van der Waals surface area contributed by atoms with Crippen LogP contribution < -0.4 is 19.5 Å². The average molecular weight is 251 g/mol. The van der Waals surface area contributed by atoms with Crippen LogP contribution >= 0.6 is 0 Å². The van der Waals surface area contributed by atoms with E-state index < -0.39 is 0 Å². The molecule has 1 N–H and O–H groups in total. The number of ether oxygens (including phenoxy) is 3. The molecule has 4 heteroatoms. The molecule has 100 valence electrons. The molecule has 0 saturated carbocycles. The summed E-state index contributed by atoms with van der Waals surface area (Å²) in [7, 11) is 1.64. The second kappa shape index (κ2) is 5.06. The molecule has 18 heavy (non-hydrogen) atoms. The van der Waals surface area contributed by atoms with Gasteiger partial charge in [-0.2, -0.15) is 0 Å². The summed E-state index contributed by atoms with van der Waals surface area (Å²) in [4.78, 5) is 0. The average Bonchev–Trinajstić information content (AvgIpc) is 2.74. The van der Waals surface area contributed by atoms with E-state index in [0.29, 0.717) is 5.75 Å². The fourth-order valence-corrected chi connectivity index (χ4v) is 1.87. The zero-order chi connectivity index (χ0) is 13.2. The number of methoxy groups -OCH3 is 1. The standard InChI is InChI=1S/C14H21NO3/c1-14(2,3)8-15-7-10-5-11(16-4)13-12(6-10)17-9-18-13/h5-6,15H,7-9H2,1-4H3. The summed E-state index contributed by atoms with van der Waals surface area (Å²) in [5.41, 5.74) is 1.42. The van der Waals surface area contributed by atoms with Crippen molar-refractivity contribution in [3.05, 3.63) is 17.7 Å². The number of rotatable bonds is 4. The molecule has 0 amide bonds. The van der Waals surface area contributed by atoms with Crippen LogP contribution in [0.15, 0.2) is 12.1 Å². The summed E-state index contributed by atoms with van der Waals surface area (Å²) in [5.74, 6) is 2.21. The summed E-state index contributed by atoms with van der Waals surface area (Å²) in [6.45, 7) is 8.65. The van der Waals surface area contributed by atoms with Crippen molar-refractivity contribution in [1.82, 2.24) is 5.32 Å². The van der Waals surface area contributed by atoms with E-state index in [4.69, 9.17) is 14.2 Å². The number of hydrogen-bond acceptors (Lipinski definition) is 4.